The first-order valence-electron chi connectivity index (χ1n) is 6.02. The fourth-order valence-corrected chi connectivity index (χ4v) is 1.89. The summed E-state index contributed by atoms with van der Waals surface area (Å²) < 4.78 is 18.7. The summed E-state index contributed by atoms with van der Waals surface area (Å²) in [5.74, 6) is 5.29. The van der Waals surface area contributed by atoms with Crippen molar-refractivity contribution >= 4 is 16.6 Å². The Hall–Kier alpha value is -1.88. The van der Waals surface area contributed by atoms with Gasteiger partial charge in [-0.25, -0.2) is 4.39 Å². The molecule has 2 aromatic rings. The van der Waals surface area contributed by atoms with Crippen LogP contribution in [-0.2, 0) is 5.41 Å². The summed E-state index contributed by atoms with van der Waals surface area (Å²) in [6.45, 7) is 6.13. The number of fused-ring (bicyclic) bond motifs is 1. The number of benzene rings is 1. The summed E-state index contributed by atoms with van der Waals surface area (Å²) in [4.78, 5) is 4.50. The van der Waals surface area contributed by atoms with Gasteiger partial charge in [-0.2, -0.15) is 0 Å². The van der Waals surface area contributed by atoms with Gasteiger partial charge >= 0.3 is 0 Å². The summed E-state index contributed by atoms with van der Waals surface area (Å²) >= 11 is 0. The summed E-state index contributed by atoms with van der Waals surface area (Å²) in [5, 5.41) is 0.730. The Balaban J connectivity index is 2.77. The molecular formula is C14H18FN3O. The van der Waals surface area contributed by atoms with E-state index in [9.17, 15) is 4.39 Å². The molecule has 1 aromatic carbocycles. The van der Waals surface area contributed by atoms with E-state index >= 15 is 0 Å². The topological polar surface area (TPSA) is 60.2 Å². The van der Waals surface area contributed by atoms with Crippen molar-refractivity contribution in [1.29, 1.82) is 0 Å². The van der Waals surface area contributed by atoms with Gasteiger partial charge in [0.05, 0.1) is 18.3 Å². The van der Waals surface area contributed by atoms with Crippen LogP contribution in [0.1, 0.15) is 26.5 Å². The highest BCUT2D eigenvalue weighted by Gasteiger charge is 2.19. The minimum absolute atomic E-state index is 0.143. The van der Waals surface area contributed by atoms with E-state index in [1.165, 1.54) is 13.2 Å². The number of nitrogen functional groups attached to an aromatic ring is 1. The largest absolute Gasteiger partial charge is 0.494 e. The molecule has 0 spiro atoms. The molecule has 2 rings (SSSR count). The van der Waals surface area contributed by atoms with Crippen molar-refractivity contribution in [1.82, 2.24) is 4.98 Å². The molecule has 4 nitrogen and oxygen atoms in total. The Morgan fingerprint density at radius 2 is 1.95 bits per heavy atom. The predicted molar refractivity (Wildman–Crippen MR) is 74.8 cm³/mol. The van der Waals surface area contributed by atoms with Crippen LogP contribution in [0.15, 0.2) is 18.2 Å². The van der Waals surface area contributed by atoms with E-state index in [4.69, 9.17) is 10.6 Å². The Morgan fingerprint density at radius 3 is 2.47 bits per heavy atom. The molecule has 0 aliphatic carbocycles. The molecule has 5 heteroatoms. The van der Waals surface area contributed by atoms with Gasteiger partial charge in [0, 0.05) is 22.6 Å². The van der Waals surface area contributed by atoms with E-state index in [0.717, 1.165) is 11.1 Å². The Kier molecular flexibility index (Phi) is 3.32. The smallest absolute Gasteiger partial charge is 0.167 e. The van der Waals surface area contributed by atoms with Crippen LogP contribution in [0, 0.1) is 5.82 Å². The van der Waals surface area contributed by atoms with E-state index in [-0.39, 0.29) is 11.2 Å². The second-order valence-electron chi connectivity index (χ2n) is 5.45. The standard InChI is InChI=1S/C14H18FN3O/c1-14(2,3)13-7-11(18-16)8-5-12(19-4)9(15)6-10(8)17-13/h5-7H,16H2,1-4H3,(H,17,18). The first-order valence-corrected chi connectivity index (χ1v) is 6.02. The molecule has 0 amide bonds. The first kappa shape index (κ1) is 13.5. The summed E-state index contributed by atoms with van der Waals surface area (Å²) in [6.07, 6.45) is 0. The number of anilines is 1. The third kappa shape index (κ3) is 2.46. The lowest BCUT2D eigenvalue weighted by molar-refractivity contribution is 0.387. The van der Waals surface area contributed by atoms with Crippen molar-refractivity contribution in [2.24, 2.45) is 5.84 Å². The van der Waals surface area contributed by atoms with Gasteiger partial charge in [-0.1, -0.05) is 20.8 Å². The number of pyridine rings is 1. The quantitative estimate of drug-likeness (QED) is 0.646. The molecule has 0 aliphatic rings. The minimum atomic E-state index is -0.434. The van der Waals surface area contributed by atoms with Gasteiger partial charge in [0.25, 0.3) is 0 Å². The van der Waals surface area contributed by atoms with Crippen molar-refractivity contribution in [3.05, 3.63) is 29.7 Å². The van der Waals surface area contributed by atoms with Crippen molar-refractivity contribution in [3.8, 4) is 5.75 Å². The average molecular weight is 263 g/mol. The maximum absolute atomic E-state index is 13.8. The maximum atomic E-state index is 13.8. The van der Waals surface area contributed by atoms with Gasteiger partial charge in [0.15, 0.2) is 11.6 Å². The van der Waals surface area contributed by atoms with Gasteiger partial charge in [-0.15, -0.1) is 0 Å². The molecule has 0 fully saturated rings. The minimum Gasteiger partial charge on any atom is -0.494 e. The molecule has 102 valence electrons. The van der Waals surface area contributed by atoms with E-state index < -0.39 is 5.82 Å². The first-order chi connectivity index (χ1) is 8.86. The number of rotatable bonds is 2. The Bertz CT molecular complexity index is 620. The van der Waals surface area contributed by atoms with Crippen LogP contribution in [0.2, 0.25) is 0 Å². The molecule has 0 radical (unpaired) electrons. The molecule has 0 saturated carbocycles. The highest BCUT2D eigenvalue weighted by molar-refractivity contribution is 5.92. The maximum Gasteiger partial charge on any atom is 0.167 e. The second kappa shape index (κ2) is 4.66. The lowest BCUT2D eigenvalue weighted by Crippen LogP contribution is -2.16. The number of nitrogens with one attached hydrogen (secondary N) is 1. The number of hydrogen-bond donors (Lipinski definition) is 2. The summed E-state index contributed by atoms with van der Waals surface area (Å²) in [7, 11) is 1.43. The van der Waals surface area contributed by atoms with Gasteiger partial charge in [-0.3, -0.25) is 10.8 Å². The van der Waals surface area contributed by atoms with Crippen LogP contribution in [0.25, 0.3) is 10.9 Å². The molecule has 0 unspecified atom stereocenters. The van der Waals surface area contributed by atoms with Crippen LogP contribution >= 0.6 is 0 Å². The number of hydrogen-bond acceptors (Lipinski definition) is 4. The number of aromatic nitrogens is 1. The van der Waals surface area contributed by atoms with Gasteiger partial charge in [-0.05, 0) is 12.1 Å². The zero-order valence-corrected chi connectivity index (χ0v) is 11.5. The SMILES string of the molecule is COc1cc2c(NN)cc(C(C)(C)C)nc2cc1F. The number of nitrogens with two attached hydrogens (primary N) is 1. The third-order valence-corrected chi connectivity index (χ3v) is 3.01. The third-order valence-electron chi connectivity index (χ3n) is 3.01. The number of methoxy groups -OCH3 is 1. The molecular weight excluding hydrogens is 245 g/mol. The fourth-order valence-electron chi connectivity index (χ4n) is 1.89. The van der Waals surface area contributed by atoms with Crippen molar-refractivity contribution in [2.75, 3.05) is 12.5 Å². The number of ether oxygens (including phenoxy) is 1. The van der Waals surface area contributed by atoms with Crippen LogP contribution in [0.4, 0.5) is 10.1 Å². The zero-order chi connectivity index (χ0) is 14.2. The number of halogens is 1. The second-order valence-corrected chi connectivity index (χ2v) is 5.45. The predicted octanol–water partition coefficient (Wildman–Crippen LogP) is 2.97. The van der Waals surface area contributed by atoms with Crippen molar-refractivity contribution in [2.45, 2.75) is 26.2 Å². The van der Waals surface area contributed by atoms with Crippen LogP contribution in [-0.4, -0.2) is 12.1 Å². The van der Waals surface area contributed by atoms with Gasteiger partial charge in [0.1, 0.15) is 0 Å². The lowest BCUT2D eigenvalue weighted by Gasteiger charge is -2.20. The number of hydrazine groups is 1. The molecule has 3 N–H and O–H groups in total. The Morgan fingerprint density at radius 1 is 1.26 bits per heavy atom. The molecule has 19 heavy (non-hydrogen) atoms. The van der Waals surface area contributed by atoms with E-state index in [0.29, 0.717) is 11.2 Å². The van der Waals surface area contributed by atoms with E-state index in [2.05, 4.69) is 10.4 Å². The van der Waals surface area contributed by atoms with Crippen LogP contribution in [0.5, 0.6) is 5.75 Å². The van der Waals surface area contributed by atoms with Gasteiger partial charge < -0.3 is 10.2 Å². The van der Waals surface area contributed by atoms with Gasteiger partial charge in [0.2, 0.25) is 0 Å². The molecule has 0 bridgehead atoms. The molecule has 0 aliphatic heterocycles. The highest BCUT2D eigenvalue weighted by Crippen LogP contribution is 2.32. The van der Waals surface area contributed by atoms with E-state index in [1.807, 2.05) is 26.8 Å². The van der Waals surface area contributed by atoms with Crippen molar-refractivity contribution < 1.29 is 9.13 Å². The summed E-state index contributed by atoms with van der Waals surface area (Å²) in [6, 6.07) is 4.84. The Labute approximate surface area is 111 Å². The van der Waals surface area contributed by atoms with E-state index in [1.54, 1.807) is 6.07 Å². The molecule has 1 heterocycles. The molecule has 0 saturated heterocycles. The highest BCUT2D eigenvalue weighted by atomic mass is 19.1. The fraction of sp³-hybridized carbons (Fsp3) is 0.357. The van der Waals surface area contributed by atoms with Crippen molar-refractivity contribution in [3.63, 3.8) is 0 Å². The number of nitrogens with zero attached hydrogens (tertiary/aromatic N) is 1. The monoisotopic (exact) mass is 263 g/mol. The lowest BCUT2D eigenvalue weighted by atomic mass is 9.91. The normalized spacial score (nSPS) is 11.7. The zero-order valence-electron chi connectivity index (χ0n) is 11.5. The van der Waals surface area contributed by atoms with Crippen LogP contribution in [0.3, 0.4) is 0 Å². The van der Waals surface area contributed by atoms with Crippen LogP contribution < -0.4 is 16.0 Å². The molecule has 0 atom stereocenters. The molecule has 1 aromatic heterocycles. The average Bonchev–Trinajstić information content (AvgIpc) is 2.35. The summed E-state index contributed by atoms with van der Waals surface area (Å²) in [5.41, 5.74) is 4.59.